The number of hydrogen-bond donors (Lipinski definition) is 3. The molecule has 0 spiro atoms. The van der Waals surface area contributed by atoms with Crippen LogP contribution in [-0.2, 0) is 31.0 Å². The van der Waals surface area contributed by atoms with E-state index in [0.29, 0.717) is 41.3 Å². The normalized spacial score (nSPS) is 20.6. The molecule has 2 aliphatic rings. The minimum Gasteiger partial charge on any atom is -0.434 e. The van der Waals surface area contributed by atoms with E-state index in [-0.39, 0.29) is 31.4 Å². The Morgan fingerprint density at radius 2 is 1.84 bits per heavy atom. The first kappa shape index (κ1) is 36.9. The fourth-order valence-corrected chi connectivity index (χ4v) is 7.39. The Hall–Kier alpha value is -3.36. The predicted octanol–water partition coefficient (Wildman–Crippen LogP) is 4.08. The lowest BCUT2D eigenvalue weighted by Crippen LogP contribution is -2.56. The Balaban J connectivity index is 1.38. The SMILES string of the molecule is CC[C@H](C)[C@H](NC(=O)[C@@H]1C[C@@H](OCc2ccc(Cl)cc2)CN1C(=O)[C@@H](CCC1CCNCC1)NS(C)(=O)=O)C(=O)c1nc2ccccc2o1. The van der Waals surface area contributed by atoms with Crippen LogP contribution < -0.4 is 15.4 Å². The molecule has 5 atom stereocenters. The first-order chi connectivity index (χ1) is 23.4. The molecule has 3 heterocycles. The van der Waals surface area contributed by atoms with Crippen molar-refractivity contribution in [2.24, 2.45) is 11.8 Å². The van der Waals surface area contributed by atoms with Crippen molar-refractivity contribution in [2.45, 2.75) is 83.2 Å². The standard InChI is InChI=1S/C35H46ClN5O7S/c1-4-22(2)31(32(42)34-38-27-7-5-6-8-30(27)48-34)39-33(43)29-19-26(47-21-24-9-12-25(36)13-10-24)20-41(29)35(44)28(40-49(3,45)46)14-11-23-15-17-37-18-16-23/h5-10,12-13,22-23,26,28-29,31,37,40H,4,11,14-21H2,1-3H3,(H,39,43)/t22-,26+,28+,29-,31-/m0/s1. The number of para-hydroxylation sites is 2. The van der Waals surface area contributed by atoms with Crippen LogP contribution in [0.2, 0.25) is 5.02 Å². The van der Waals surface area contributed by atoms with Gasteiger partial charge in [0.05, 0.1) is 25.0 Å². The minimum atomic E-state index is -3.75. The van der Waals surface area contributed by atoms with Crippen LogP contribution >= 0.6 is 11.6 Å². The smallest absolute Gasteiger partial charge is 0.266 e. The molecule has 14 heteroatoms. The maximum Gasteiger partial charge on any atom is 0.266 e. The number of carbonyl (C=O) groups is 3. The maximum absolute atomic E-state index is 14.2. The third-order valence-corrected chi connectivity index (χ3v) is 10.5. The van der Waals surface area contributed by atoms with E-state index in [9.17, 15) is 22.8 Å². The van der Waals surface area contributed by atoms with Gasteiger partial charge in [0.15, 0.2) is 5.58 Å². The second-order valence-corrected chi connectivity index (χ2v) is 15.5. The zero-order valence-electron chi connectivity index (χ0n) is 28.2. The molecule has 266 valence electrons. The van der Waals surface area contributed by atoms with E-state index < -0.39 is 51.9 Å². The number of nitrogens with one attached hydrogen (secondary N) is 3. The van der Waals surface area contributed by atoms with E-state index >= 15 is 0 Å². The molecule has 49 heavy (non-hydrogen) atoms. The summed E-state index contributed by atoms with van der Waals surface area (Å²) in [5, 5.41) is 6.83. The number of ether oxygens (including phenoxy) is 1. The summed E-state index contributed by atoms with van der Waals surface area (Å²) in [6.07, 6.45) is 4.09. The molecule has 2 saturated heterocycles. The van der Waals surface area contributed by atoms with Crippen molar-refractivity contribution in [2.75, 3.05) is 25.9 Å². The summed E-state index contributed by atoms with van der Waals surface area (Å²) in [5.41, 5.74) is 1.86. The van der Waals surface area contributed by atoms with Gasteiger partial charge in [-0.15, -0.1) is 0 Å². The summed E-state index contributed by atoms with van der Waals surface area (Å²) in [5.74, 6) is -1.52. The quantitative estimate of drug-likeness (QED) is 0.197. The molecule has 12 nitrogen and oxygen atoms in total. The van der Waals surface area contributed by atoms with Gasteiger partial charge in [-0.25, -0.2) is 18.1 Å². The summed E-state index contributed by atoms with van der Waals surface area (Å²) in [6.45, 7) is 5.83. The Labute approximate surface area is 292 Å². The van der Waals surface area contributed by atoms with E-state index in [4.69, 9.17) is 20.8 Å². The fraction of sp³-hybridized carbons (Fsp3) is 0.543. The van der Waals surface area contributed by atoms with E-state index in [2.05, 4.69) is 20.3 Å². The number of ketones is 1. The number of fused-ring (bicyclic) bond motifs is 1. The molecule has 2 aliphatic heterocycles. The number of nitrogens with zero attached hydrogens (tertiary/aromatic N) is 2. The zero-order valence-corrected chi connectivity index (χ0v) is 29.8. The lowest BCUT2D eigenvalue weighted by Gasteiger charge is -2.31. The van der Waals surface area contributed by atoms with Crippen LogP contribution in [0.1, 0.15) is 68.6 Å². The average Bonchev–Trinajstić information content (AvgIpc) is 3.73. The van der Waals surface area contributed by atoms with Crippen molar-refractivity contribution in [3.05, 3.63) is 65.0 Å². The molecule has 3 aromatic rings. The molecule has 0 unspecified atom stereocenters. The number of amides is 2. The van der Waals surface area contributed by atoms with Crippen molar-refractivity contribution in [1.82, 2.24) is 25.2 Å². The average molecular weight is 716 g/mol. The van der Waals surface area contributed by atoms with Crippen LogP contribution in [0.4, 0.5) is 0 Å². The third kappa shape index (κ3) is 9.88. The number of hydrogen-bond acceptors (Lipinski definition) is 9. The molecular weight excluding hydrogens is 670 g/mol. The van der Waals surface area contributed by atoms with Gasteiger partial charge in [0.2, 0.25) is 27.6 Å². The lowest BCUT2D eigenvalue weighted by atomic mass is 9.91. The second-order valence-electron chi connectivity index (χ2n) is 13.2. The summed E-state index contributed by atoms with van der Waals surface area (Å²) in [6, 6.07) is 11.2. The topological polar surface area (TPSA) is 160 Å². The van der Waals surface area contributed by atoms with Crippen molar-refractivity contribution in [1.29, 1.82) is 0 Å². The Bertz CT molecular complexity index is 1680. The monoisotopic (exact) mass is 715 g/mol. The molecule has 2 fully saturated rings. The van der Waals surface area contributed by atoms with Crippen LogP contribution in [0.25, 0.3) is 11.1 Å². The molecule has 5 rings (SSSR count). The number of halogens is 1. The first-order valence-corrected chi connectivity index (χ1v) is 19.2. The number of Topliss-reactive ketones (excluding diaryl/α,β-unsaturated/α-hetero) is 1. The van der Waals surface area contributed by atoms with E-state index in [1.165, 1.54) is 4.90 Å². The minimum absolute atomic E-state index is 0.0763. The predicted molar refractivity (Wildman–Crippen MR) is 186 cm³/mol. The van der Waals surface area contributed by atoms with Crippen LogP contribution in [0, 0.1) is 11.8 Å². The number of benzene rings is 2. The molecule has 0 aliphatic carbocycles. The summed E-state index contributed by atoms with van der Waals surface area (Å²) >= 11 is 6.04. The van der Waals surface area contributed by atoms with Crippen LogP contribution in [0.3, 0.4) is 0 Å². The second kappa shape index (κ2) is 16.6. The molecule has 2 amide bonds. The lowest BCUT2D eigenvalue weighted by molar-refractivity contribution is -0.140. The molecular formula is C35H46ClN5O7S. The molecule has 0 radical (unpaired) electrons. The largest absolute Gasteiger partial charge is 0.434 e. The molecule has 0 bridgehead atoms. The Kier molecular flexibility index (Phi) is 12.5. The zero-order chi connectivity index (χ0) is 35.1. The van der Waals surface area contributed by atoms with Gasteiger partial charge >= 0.3 is 0 Å². The fourth-order valence-electron chi connectivity index (χ4n) is 6.53. The number of likely N-dealkylation sites (tertiary alicyclic amines) is 1. The first-order valence-electron chi connectivity index (χ1n) is 17.0. The molecule has 2 aromatic carbocycles. The number of rotatable bonds is 15. The maximum atomic E-state index is 14.2. The van der Waals surface area contributed by atoms with Gasteiger partial charge in [0, 0.05) is 18.0 Å². The summed E-state index contributed by atoms with van der Waals surface area (Å²) < 4.78 is 39.4. The molecule has 3 N–H and O–H groups in total. The van der Waals surface area contributed by atoms with E-state index in [1.807, 2.05) is 26.0 Å². The Morgan fingerprint density at radius 3 is 2.51 bits per heavy atom. The molecule has 0 saturated carbocycles. The number of aromatic nitrogens is 1. The van der Waals surface area contributed by atoms with Crippen LogP contribution in [-0.4, -0.2) is 86.0 Å². The highest BCUT2D eigenvalue weighted by atomic mass is 35.5. The number of oxazole rings is 1. The van der Waals surface area contributed by atoms with Crippen molar-refractivity contribution < 1.29 is 32.0 Å². The van der Waals surface area contributed by atoms with Gasteiger partial charge in [-0.05, 0) is 80.4 Å². The third-order valence-electron chi connectivity index (χ3n) is 9.52. The number of carbonyl (C=O) groups excluding carboxylic acids is 3. The molecule has 1 aromatic heterocycles. The van der Waals surface area contributed by atoms with Gasteiger partial charge in [-0.3, -0.25) is 14.4 Å². The number of piperidine rings is 1. The van der Waals surface area contributed by atoms with Gasteiger partial charge in [0.1, 0.15) is 17.6 Å². The highest BCUT2D eigenvalue weighted by Crippen LogP contribution is 2.27. The van der Waals surface area contributed by atoms with Crippen LogP contribution in [0.15, 0.2) is 52.9 Å². The van der Waals surface area contributed by atoms with Gasteiger partial charge in [-0.1, -0.05) is 56.1 Å². The van der Waals surface area contributed by atoms with Crippen molar-refractivity contribution in [3.63, 3.8) is 0 Å². The summed E-state index contributed by atoms with van der Waals surface area (Å²) in [4.78, 5) is 47.9. The Morgan fingerprint density at radius 1 is 1.12 bits per heavy atom. The van der Waals surface area contributed by atoms with Crippen LogP contribution in [0.5, 0.6) is 0 Å². The van der Waals surface area contributed by atoms with E-state index in [0.717, 1.165) is 37.8 Å². The van der Waals surface area contributed by atoms with Crippen molar-refractivity contribution >= 4 is 50.3 Å². The van der Waals surface area contributed by atoms with Gasteiger partial charge in [-0.2, -0.15) is 0 Å². The van der Waals surface area contributed by atoms with Gasteiger partial charge < -0.3 is 24.7 Å². The van der Waals surface area contributed by atoms with Crippen molar-refractivity contribution in [3.8, 4) is 0 Å². The summed E-state index contributed by atoms with van der Waals surface area (Å²) in [7, 11) is -3.75. The highest BCUT2D eigenvalue weighted by Gasteiger charge is 2.44. The number of sulfonamides is 1. The van der Waals surface area contributed by atoms with Gasteiger partial charge in [0.25, 0.3) is 5.89 Å². The highest BCUT2D eigenvalue weighted by molar-refractivity contribution is 7.88. The van der Waals surface area contributed by atoms with E-state index in [1.54, 1.807) is 36.4 Å².